The molecule has 1 fully saturated rings. The third kappa shape index (κ3) is 3.38. The van der Waals surface area contributed by atoms with Gasteiger partial charge >= 0.3 is 0 Å². The third-order valence-corrected chi connectivity index (χ3v) is 5.23. The number of fused-ring (bicyclic) bond motifs is 1. The van der Waals surface area contributed by atoms with Crippen LogP contribution in [0.3, 0.4) is 0 Å². The minimum atomic E-state index is -0.482. The quantitative estimate of drug-likeness (QED) is 0.642. The minimum Gasteiger partial charge on any atom is -0.354 e. The molecule has 0 spiro atoms. The molecule has 7 nitrogen and oxygen atoms in total. The molecular weight excluding hydrogens is 340 g/mol. The van der Waals surface area contributed by atoms with Crippen molar-refractivity contribution in [2.75, 3.05) is 24.5 Å². The van der Waals surface area contributed by atoms with Crippen LogP contribution in [0.15, 0.2) is 42.9 Å². The summed E-state index contributed by atoms with van der Waals surface area (Å²) in [4.78, 5) is 26.6. The highest BCUT2D eigenvalue weighted by Crippen LogP contribution is 2.31. The molecule has 4 N–H and O–H groups in total. The third-order valence-electron chi connectivity index (χ3n) is 5.23. The molecule has 1 saturated heterocycles. The summed E-state index contributed by atoms with van der Waals surface area (Å²) in [5.41, 5.74) is 8.81. The smallest absolute Gasteiger partial charge is 0.251 e. The van der Waals surface area contributed by atoms with Crippen molar-refractivity contribution in [2.24, 2.45) is 5.73 Å². The number of hydrogen-bond acceptors (Lipinski definition) is 5. The summed E-state index contributed by atoms with van der Waals surface area (Å²) in [6, 6.07) is 9.20. The van der Waals surface area contributed by atoms with E-state index in [-0.39, 0.29) is 5.91 Å². The number of benzene rings is 1. The molecule has 1 aliphatic rings. The van der Waals surface area contributed by atoms with E-state index >= 15 is 0 Å². The van der Waals surface area contributed by atoms with Crippen LogP contribution in [0.4, 0.5) is 5.82 Å². The first-order chi connectivity index (χ1) is 13.1. The van der Waals surface area contributed by atoms with Crippen LogP contribution in [0.1, 0.15) is 29.3 Å². The van der Waals surface area contributed by atoms with Crippen molar-refractivity contribution in [3.8, 4) is 0 Å². The summed E-state index contributed by atoms with van der Waals surface area (Å²) < 4.78 is 0. The maximum absolute atomic E-state index is 12.3. The zero-order valence-electron chi connectivity index (χ0n) is 15.4. The number of anilines is 1. The van der Waals surface area contributed by atoms with Crippen LogP contribution in [0.2, 0.25) is 0 Å². The van der Waals surface area contributed by atoms with Gasteiger partial charge in [-0.3, -0.25) is 4.79 Å². The van der Waals surface area contributed by atoms with Crippen LogP contribution in [0, 0.1) is 0 Å². The van der Waals surface area contributed by atoms with Crippen molar-refractivity contribution >= 4 is 22.8 Å². The van der Waals surface area contributed by atoms with E-state index < -0.39 is 5.54 Å². The van der Waals surface area contributed by atoms with E-state index in [1.165, 1.54) is 5.56 Å². The second-order valence-electron chi connectivity index (χ2n) is 7.17. The van der Waals surface area contributed by atoms with Crippen molar-refractivity contribution < 1.29 is 4.79 Å². The van der Waals surface area contributed by atoms with Gasteiger partial charge in [0.2, 0.25) is 0 Å². The minimum absolute atomic E-state index is 0.0952. The van der Waals surface area contributed by atoms with Crippen molar-refractivity contribution in [2.45, 2.75) is 25.3 Å². The second-order valence-corrected chi connectivity index (χ2v) is 7.17. The first-order valence-electron chi connectivity index (χ1n) is 9.28. The number of rotatable bonds is 5. The van der Waals surface area contributed by atoms with Gasteiger partial charge in [-0.25, -0.2) is 9.97 Å². The molecule has 2 aromatic heterocycles. The van der Waals surface area contributed by atoms with E-state index in [1.54, 1.807) is 18.5 Å². The van der Waals surface area contributed by atoms with Gasteiger partial charge in [-0.15, -0.1) is 0 Å². The topological polar surface area (TPSA) is 99.9 Å². The van der Waals surface area contributed by atoms with Crippen molar-refractivity contribution in [3.05, 3.63) is 54.0 Å². The molecule has 1 atom stereocenters. The molecule has 140 valence electrons. The molecule has 0 aliphatic carbocycles. The van der Waals surface area contributed by atoms with Crippen LogP contribution >= 0.6 is 0 Å². The van der Waals surface area contributed by atoms with E-state index in [4.69, 9.17) is 5.73 Å². The largest absolute Gasteiger partial charge is 0.354 e. The van der Waals surface area contributed by atoms with Crippen LogP contribution < -0.4 is 16.0 Å². The van der Waals surface area contributed by atoms with Gasteiger partial charge in [-0.05, 0) is 30.5 Å². The van der Waals surface area contributed by atoms with E-state index in [1.807, 2.05) is 24.4 Å². The van der Waals surface area contributed by atoms with Gasteiger partial charge in [-0.2, -0.15) is 0 Å². The molecule has 1 amide bonds. The zero-order valence-corrected chi connectivity index (χ0v) is 15.4. The molecule has 0 bridgehead atoms. The highest BCUT2D eigenvalue weighted by atomic mass is 16.1. The standard InChI is InChI=1S/C20H24N6O/c1-2-14-10-22-17-16(14)18(25-13-24-17)26-9-8-20(21,12-26)11-23-19(27)15-6-4-3-5-7-15/h3-7,10,13H,2,8-9,11-12,21H2,1H3,(H,23,27)(H,22,24,25)/t20-/m0/s1. The van der Waals surface area contributed by atoms with Crippen LogP contribution in [0.25, 0.3) is 11.0 Å². The van der Waals surface area contributed by atoms with Gasteiger partial charge in [0.1, 0.15) is 17.8 Å². The molecule has 7 heteroatoms. The Kier molecular flexibility index (Phi) is 4.53. The molecule has 0 saturated carbocycles. The van der Waals surface area contributed by atoms with E-state index in [0.29, 0.717) is 18.7 Å². The Balaban J connectivity index is 1.48. The number of nitrogens with two attached hydrogens (primary N) is 1. The van der Waals surface area contributed by atoms with E-state index in [2.05, 4.69) is 32.1 Å². The molecule has 3 heterocycles. The maximum Gasteiger partial charge on any atom is 0.251 e. The zero-order chi connectivity index (χ0) is 18.9. The number of nitrogens with zero attached hydrogens (tertiary/aromatic N) is 3. The number of aromatic nitrogens is 3. The van der Waals surface area contributed by atoms with Gasteiger partial charge < -0.3 is 20.9 Å². The fourth-order valence-corrected chi connectivity index (χ4v) is 3.70. The Morgan fingerprint density at radius 1 is 1.33 bits per heavy atom. The lowest BCUT2D eigenvalue weighted by atomic mass is 10.00. The monoisotopic (exact) mass is 364 g/mol. The van der Waals surface area contributed by atoms with E-state index in [9.17, 15) is 4.79 Å². The summed E-state index contributed by atoms with van der Waals surface area (Å²) in [7, 11) is 0. The van der Waals surface area contributed by atoms with Crippen LogP contribution in [-0.2, 0) is 6.42 Å². The first-order valence-corrected chi connectivity index (χ1v) is 9.28. The highest BCUT2D eigenvalue weighted by Gasteiger charge is 2.36. The number of carbonyl (C=O) groups excluding carboxylic acids is 1. The fraction of sp³-hybridized carbons (Fsp3) is 0.350. The van der Waals surface area contributed by atoms with Gasteiger partial charge in [0.15, 0.2) is 0 Å². The number of hydrogen-bond donors (Lipinski definition) is 3. The SMILES string of the molecule is CCc1c[nH]c2ncnc(N3CC[C@](N)(CNC(=O)c4ccccc4)C3)c12. The number of aryl methyl sites for hydroxylation is 1. The first kappa shape index (κ1) is 17.5. The van der Waals surface area contributed by atoms with Crippen molar-refractivity contribution in [1.29, 1.82) is 0 Å². The Morgan fingerprint density at radius 2 is 2.15 bits per heavy atom. The summed E-state index contributed by atoms with van der Waals surface area (Å²) in [5.74, 6) is 0.821. The maximum atomic E-state index is 12.3. The predicted molar refractivity (Wildman–Crippen MR) is 106 cm³/mol. The number of carbonyl (C=O) groups is 1. The predicted octanol–water partition coefficient (Wildman–Crippen LogP) is 1.86. The molecule has 27 heavy (non-hydrogen) atoms. The molecule has 0 unspecified atom stereocenters. The Bertz CT molecular complexity index is 954. The lowest BCUT2D eigenvalue weighted by Crippen LogP contribution is -2.52. The normalized spacial score (nSPS) is 19.6. The van der Waals surface area contributed by atoms with Gasteiger partial charge in [0.25, 0.3) is 5.91 Å². The Hall–Kier alpha value is -2.93. The summed E-state index contributed by atoms with van der Waals surface area (Å²) in [6.45, 7) is 4.00. The molecule has 1 aliphatic heterocycles. The summed E-state index contributed by atoms with van der Waals surface area (Å²) >= 11 is 0. The number of aromatic amines is 1. The average molecular weight is 364 g/mol. The average Bonchev–Trinajstić information content (AvgIpc) is 3.30. The number of H-pyrrole nitrogens is 1. The highest BCUT2D eigenvalue weighted by molar-refractivity contribution is 5.94. The van der Waals surface area contributed by atoms with E-state index in [0.717, 1.165) is 36.2 Å². The molecular formula is C20H24N6O. The van der Waals surface area contributed by atoms with Gasteiger partial charge in [-0.1, -0.05) is 25.1 Å². The van der Waals surface area contributed by atoms with Crippen LogP contribution in [-0.4, -0.2) is 46.0 Å². The fourth-order valence-electron chi connectivity index (χ4n) is 3.70. The van der Waals surface area contributed by atoms with Crippen molar-refractivity contribution in [1.82, 2.24) is 20.3 Å². The number of amides is 1. The summed E-state index contributed by atoms with van der Waals surface area (Å²) in [5, 5.41) is 4.05. The lowest BCUT2D eigenvalue weighted by Gasteiger charge is -2.25. The number of nitrogens with one attached hydrogen (secondary N) is 2. The van der Waals surface area contributed by atoms with Crippen LogP contribution in [0.5, 0.6) is 0 Å². The molecule has 0 radical (unpaired) electrons. The van der Waals surface area contributed by atoms with Gasteiger partial charge in [0, 0.05) is 31.4 Å². The second kappa shape index (κ2) is 7.00. The lowest BCUT2D eigenvalue weighted by molar-refractivity contribution is 0.0945. The van der Waals surface area contributed by atoms with Gasteiger partial charge in [0.05, 0.1) is 10.9 Å². The van der Waals surface area contributed by atoms with Crippen molar-refractivity contribution in [3.63, 3.8) is 0 Å². The summed E-state index contributed by atoms with van der Waals surface area (Å²) in [6.07, 6.45) is 5.28. The molecule has 1 aromatic carbocycles. The molecule has 3 aromatic rings. The Morgan fingerprint density at radius 3 is 2.93 bits per heavy atom. The molecule has 4 rings (SSSR count). The Labute approximate surface area is 158 Å².